The summed E-state index contributed by atoms with van der Waals surface area (Å²) in [6.07, 6.45) is -4.75. The van der Waals surface area contributed by atoms with E-state index in [1.54, 1.807) is 53.0 Å². The van der Waals surface area contributed by atoms with Crippen molar-refractivity contribution in [3.63, 3.8) is 0 Å². The molecule has 1 fully saturated rings. The van der Waals surface area contributed by atoms with Gasteiger partial charge in [0.1, 0.15) is 18.0 Å². The molecule has 5 rings (SSSR count). The maximum atomic E-state index is 13.5. The number of amides is 2. The van der Waals surface area contributed by atoms with Crippen LogP contribution in [-0.4, -0.2) is 51.8 Å². The molecule has 2 heterocycles. The molecule has 1 N–H and O–H groups in total. The van der Waals surface area contributed by atoms with Crippen molar-refractivity contribution >= 4 is 22.7 Å². The van der Waals surface area contributed by atoms with Crippen LogP contribution in [-0.2, 0) is 12.7 Å². The van der Waals surface area contributed by atoms with E-state index in [1.165, 1.54) is 18.2 Å². The molecule has 0 aliphatic carbocycles. The van der Waals surface area contributed by atoms with Crippen LogP contribution >= 0.6 is 0 Å². The number of carbonyl (C=O) groups is 2. The Balaban J connectivity index is 1.27. The van der Waals surface area contributed by atoms with Gasteiger partial charge in [0, 0.05) is 29.3 Å². The fraction of sp³-hybridized carbons (Fsp3) is 0.323. The van der Waals surface area contributed by atoms with E-state index < -0.39 is 30.4 Å². The van der Waals surface area contributed by atoms with Gasteiger partial charge in [-0.15, -0.1) is 0 Å². The van der Waals surface area contributed by atoms with Crippen molar-refractivity contribution in [2.24, 2.45) is 0 Å². The summed E-state index contributed by atoms with van der Waals surface area (Å²) >= 11 is 0. The largest absolute Gasteiger partial charge is 0.457 e. The van der Waals surface area contributed by atoms with E-state index in [9.17, 15) is 35.9 Å². The zero-order valence-electron chi connectivity index (χ0n) is 23.5. The molecule has 2 amide bonds. The Bertz CT molecular complexity index is 1650. The lowest BCUT2D eigenvalue weighted by molar-refractivity contribution is -0.137. The van der Waals surface area contributed by atoms with Crippen molar-refractivity contribution in [3.8, 4) is 11.5 Å². The minimum absolute atomic E-state index is 0.126. The molecule has 232 valence electrons. The summed E-state index contributed by atoms with van der Waals surface area (Å²) in [7, 11) is 0. The zero-order valence-corrected chi connectivity index (χ0v) is 23.5. The van der Waals surface area contributed by atoms with Gasteiger partial charge < -0.3 is 15.0 Å². The molecule has 7 nitrogen and oxygen atoms in total. The van der Waals surface area contributed by atoms with Crippen molar-refractivity contribution in [2.45, 2.75) is 51.1 Å². The number of halogens is 6. The third kappa shape index (κ3) is 7.14. The number of likely N-dealkylation sites (tertiary alicyclic amines) is 1. The van der Waals surface area contributed by atoms with Gasteiger partial charge in [-0.3, -0.25) is 14.3 Å². The Hall–Kier alpha value is -4.55. The summed E-state index contributed by atoms with van der Waals surface area (Å²) in [5.41, 5.74) is 0.849. The van der Waals surface area contributed by atoms with Crippen LogP contribution in [0, 0.1) is 6.92 Å². The van der Waals surface area contributed by atoms with Crippen LogP contribution in [0.5, 0.6) is 11.5 Å². The van der Waals surface area contributed by atoms with Crippen LogP contribution in [0.2, 0.25) is 0 Å². The van der Waals surface area contributed by atoms with E-state index in [-0.39, 0.29) is 23.3 Å². The number of aryl methyl sites for hydroxylation is 1. The lowest BCUT2D eigenvalue weighted by atomic mass is 10.0. The number of nitrogens with one attached hydrogen (secondary N) is 1. The number of aromatic nitrogens is 2. The molecule has 44 heavy (non-hydrogen) atoms. The van der Waals surface area contributed by atoms with E-state index in [0.29, 0.717) is 40.9 Å². The fourth-order valence-corrected chi connectivity index (χ4v) is 5.25. The first-order valence-electron chi connectivity index (χ1n) is 13.9. The van der Waals surface area contributed by atoms with Crippen LogP contribution in [0.25, 0.3) is 10.9 Å². The highest BCUT2D eigenvalue weighted by Gasteiger charge is 2.31. The second kappa shape index (κ2) is 12.2. The predicted octanol–water partition coefficient (Wildman–Crippen LogP) is 7.14. The summed E-state index contributed by atoms with van der Waals surface area (Å²) in [5, 5.41) is 7.10. The van der Waals surface area contributed by atoms with Crippen LogP contribution in [0.3, 0.4) is 0 Å². The van der Waals surface area contributed by atoms with Gasteiger partial charge in [0.15, 0.2) is 0 Å². The zero-order chi connectivity index (χ0) is 31.6. The average Bonchev–Trinajstić information content (AvgIpc) is 3.39. The van der Waals surface area contributed by atoms with Gasteiger partial charge >= 0.3 is 12.4 Å². The lowest BCUT2D eigenvalue weighted by Crippen LogP contribution is -2.45. The third-order valence-electron chi connectivity index (χ3n) is 7.50. The van der Waals surface area contributed by atoms with Crippen molar-refractivity contribution in [3.05, 3.63) is 89.1 Å². The Morgan fingerprint density at radius 1 is 0.932 bits per heavy atom. The van der Waals surface area contributed by atoms with E-state index in [1.807, 2.05) is 5.32 Å². The molecule has 1 aromatic heterocycles. The second-order valence-electron chi connectivity index (χ2n) is 10.6. The van der Waals surface area contributed by atoms with E-state index in [2.05, 4.69) is 5.10 Å². The number of benzene rings is 3. The maximum absolute atomic E-state index is 13.5. The quantitative estimate of drug-likeness (QED) is 0.224. The Morgan fingerprint density at radius 2 is 1.59 bits per heavy atom. The first kappa shape index (κ1) is 30.9. The summed E-state index contributed by atoms with van der Waals surface area (Å²) in [5.74, 6) is -0.424. The molecule has 1 aliphatic rings. The first-order valence-corrected chi connectivity index (χ1v) is 13.9. The predicted molar refractivity (Wildman–Crippen MR) is 149 cm³/mol. The lowest BCUT2D eigenvalue weighted by Gasteiger charge is -2.35. The third-order valence-corrected chi connectivity index (χ3v) is 7.50. The molecule has 0 saturated carbocycles. The van der Waals surface area contributed by atoms with Gasteiger partial charge in [-0.05, 0) is 92.4 Å². The molecule has 1 unspecified atom stereocenters. The van der Waals surface area contributed by atoms with Crippen LogP contribution in [0.4, 0.5) is 26.3 Å². The average molecular weight is 619 g/mol. The number of carbonyl (C=O) groups excluding carboxylic acids is 2. The molecule has 1 saturated heterocycles. The highest BCUT2D eigenvalue weighted by molar-refractivity contribution is 6.00. The van der Waals surface area contributed by atoms with Crippen LogP contribution in [0.1, 0.15) is 51.1 Å². The molecule has 4 aromatic rings. The van der Waals surface area contributed by atoms with Crippen molar-refractivity contribution < 1.29 is 40.7 Å². The number of ether oxygens (including phenoxy) is 1. The van der Waals surface area contributed by atoms with Crippen LogP contribution < -0.4 is 10.1 Å². The van der Waals surface area contributed by atoms with Gasteiger partial charge in [0.2, 0.25) is 0 Å². The van der Waals surface area contributed by atoms with Crippen molar-refractivity contribution in [2.75, 3.05) is 13.1 Å². The summed E-state index contributed by atoms with van der Waals surface area (Å²) in [6, 6.07) is 13.5. The van der Waals surface area contributed by atoms with E-state index in [4.69, 9.17) is 4.74 Å². The van der Waals surface area contributed by atoms with Crippen molar-refractivity contribution in [1.82, 2.24) is 20.0 Å². The molecular weight excluding hydrogens is 590 g/mol. The normalized spacial score (nSPS) is 15.8. The SMILES string of the molecule is Cc1c(C(=O)NCC(F)(F)F)ccc2nn(CC3CCCCN3C(=O)c3ccc(Oc4ccc(C(F)(F)F)cc4)cc3)cc12. The van der Waals surface area contributed by atoms with Gasteiger partial charge in [-0.1, -0.05) is 0 Å². The number of hydrogen-bond acceptors (Lipinski definition) is 4. The standard InChI is InChI=1S/C31H28F6N4O3/c1-19-25(28(42)38-18-30(32,33)34)13-14-27-26(19)17-40(39-27)16-22-4-2-3-15-41(22)29(43)20-5-9-23(10-6-20)44-24-11-7-21(8-12-24)31(35,36)37/h5-14,17,22H,2-4,15-16,18H2,1H3,(H,38,42). The highest BCUT2D eigenvalue weighted by atomic mass is 19.4. The molecule has 3 aromatic carbocycles. The number of nitrogens with zero attached hydrogens (tertiary/aromatic N) is 3. The van der Waals surface area contributed by atoms with Crippen LogP contribution in [0.15, 0.2) is 66.9 Å². The number of rotatable bonds is 7. The molecule has 0 spiro atoms. The van der Waals surface area contributed by atoms with Crippen molar-refractivity contribution in [1.29, 1.82) is 0 Å². The Morgan fingerprint density at radius 3 is 2.23 bits per heavy atom. The molecule has 13 heteroatoms. The molecule has 1 aliphatic heterocycles. The number of fused-ring (bicyclic) bond motifs is 1. The van der Waals surface area contributed by atoms with Gasteiger partial charge in [0.05, 0.1) is 23.7 Å². The summed E-state index contributed by atoms with van der Waals surface area (Å²) in [6.45, 7) is 1.14. The van der Waals surface area contributed by atoms with E-state index in [0.717, 1.165) is 31.4 Å². The monoisotopic (exact) mass is 618 g/mol. The fourth-order valence-electron chi connectivity index (χ4n) is 5.25. The molecule has 0 radical (unpaired) electrons. The smallest absolute Gasteiger partial charge is 0.416 e. The molecular formula is C31H28F6N4O3. The first-order chi connectivity index (χ1) is 20.8. The number of hydrogen-bond donors (Lipinski definition) is 1. The minimum atomic E-state index is -4.52. The van der Waals surface area contributed by atoms with Gasteiger partial charge in [-0.25, -0.2) is 0 Å². The summed E-state index contributed by atoms with van der Waals surface area (Å²) < 4.78 is 83.4. The van der Waals surface area contributed by atoms with Gasteiger partial charge in [0.25, 0.3) is 11.8 Å². The van der Waals surface area contributed by atoms with E-state index >= 15 is 0 Å². The minimum Gasteiger partial charge on any atom is -0.457 e. The second-order valence-corrected chi connectivity index (χ2v) is 10.6. The molecule has 0 bridgehead atoms. The highest BCUT2D eigenvalue weighted by Crippen LogP contribution is 2.32. The molecule has 1 atom stereocenters. The Labute approximate surface area is 248 Å². The van der Waals surface area contributed by atoms with Gasteiger partial charge in [-0.2, -0.15) is 31.4 Å². The maximum Gasteiger partial charge on any atom is 0.416 e. The number of piperidine rings is 1. The number of alkyl halides is 6. The Kier molecular flexibility index (Phi) is 8.57. The topological polar surface area (TPSA) is 76.5 Å². The summed E-state index contributed by atoms with van der Waals surface area (Å²) in [4.78, 5) is 27.6.